The molecule has 322 valence electrons. The van der Waals surface area contributed by atoms with Crippen LogP contribution in [0.15, 0.2) is 24.3 Å². The SMILES string of the molecule is CC[C@@H]1C[C@]1(NC(=O)[C@@H]1C[C@@H](Oc2cc(OCC(OC)OC)nc3c(Cl)cccc23)CN1C(=O)[C@@H](NC(=O)OC(C)(C)C)C(C)(C)C)C(=O)NS(=O)(=O)OC1(C)CC1. The number of pyridine rings is 1. The van der Waals surface area contributed by atoms with Crippen molar-refractivity contribution in [2.24, 2.45) is 11.3 Å². The second-order valence-electron chi connectivity index (χ2n) is 17.4. The molecule has 0 spiro atoms. The van der Waals surface area contributed by atoms with Crippen molar-refractivity contribution in [3.8, 4) is 11.6 Å². The number of carbonyl (C=O) groups is 4. The molecule has 58 heavy (non-hydrogen) atoms. The summed E-state index contributed by atoms with van der Waals surface area (Å²) in [4.78, 5) is 61.7. The van der Waals surface area contributed by atoms with Gasteiger partial charge in [-0.2, -0.15) is 8.42 Å². The molecule has 17 nitrogen and oxygen atoms in total. The van der Waals surface area contributed by atoms with Gasteiger partial charge in [-0.3, -0.25) is 14.4 Å². The lowest BCUT2D eigenvalue weighted by molar-refractivity contribution is -0.143. The number of carbonyl (C=O) groups excluding carboxylic acids is 4. The molecule has 3 N–H and O–H groups in total. The van der Waals surface area contributed by atoms with Crippen molar-refractivity contribution in [1.82, 2.24) is 25.2 Å². The number of benzene rings is 1. The summed E-state index contributed by atoms with van der Waals surface area (Å²) in [5.41, 5.74) is -3.81. The molecule has 1 aromatic heterocycles. The third-order valence-electron chi connectivity index (χ3n) is 10.4. The van der Waals surface area contributed by atoms with E-state index in [0.717, 1.165) is 0 Å². The molecule has 2 saturated carbocycles. The van der Waals surface area contributed by atoms with E-state index in [-0.39, 0.29) is 37.8 Å². The minimum atomic E-state index is -4.49. The average Bonchev–Trinajstić information content (AvgIpc) is 3.98. The highest BCUT2D eigenvalue weighted by molar-refractivity contribution is 7.85. The summed E-state index contributed by atoms with van der Waals surface area (Å²) in [5, 5.41) is 6.36. The summed E-state index contributed by atoms with van der Waals surface area (Å²) >= 11 is 6.56. The van der Waals surface area contributed by atoms with Gasteiger partial charge in [-0.05, 0) is 70.4 Å². The third-order valence-corrected chi connectivity index (χ3v) is 11.7. The van der Waals surface area contributed by atoms with Gasteiger partial charge in [0.15, 0.2) is 6.29 Å². The van der Waals surface area contributed by atoms with Crippen molar-refractivity contribution in [2.75, 3.05) is 27.4 Å². The number of alkyl carbamates (subject to hydrolysis) is 1. The standard InChI is InChI=1S/C39H56ClN5O12S/c1-11-22-19-39(22,34(48)44-58(50,51)57-38(8)15-16-38)43-32(46)26-17-23(20-45(26)33(47)31(36(2,3)4)42-35(49)56-37(5,6)7)55-27-18-28(54-21-29(52-9)53-10)41-30-24(27)13-12-14-25(30)40/h12-14,18,22-23,26,29,31H,11,15-17,19-21H2,1-10H3,(H,42,49)(H,43,46)(H,44,48)/t22-,23-,26+,31-,39-/m1/s1. The topological polar surface area (TPSA) is 210 Å². The number of nitrogens with zero attached hydrogens (tertiary/aromatic N) is 2. The molecule has 2 aromatic rings. The summed E-state index contributed by atoms with van der Waals surface area (Å²) in [6, 6.07) is 4.31. The fourth-order valence-electron chi connectivity index (χ4n) is 6.88. The number of aromatic nitrogens is 1. The van der Waals surface area contributed by atoms with Gasteiger partial charge in [-0.1, -0.05) is 51.8 Å². The molecule has 2 heterocycles. The van der Waals surface area contributed by atoms with Crippen LogP contribution in [0.5, 0.6) is 11.6 Å². The Bertz CT molecular complexity index is 2000. The Morgan fingerprint density at radius 3 is 2.31 bits per heavy atom. The molecule has 1 aliphatic heterocycles. The predicted octanol–water partition coefficient (Wildman–Crippen LogP) is 4.39. The van der Waals surface area contributed by atoms with Gasteiger partial charge in [0.05, 0.1) is 22.7 Å². The predicted molar refractivity (Wildman–Crippen MR) is 212 cm³/mol. The zero-order valence-electron chi connectivity index (χ0n) is 34.7. The second kappa shape index (κ2) is 17.0. The molecule has 5 rings (SSSR count). The fourth-order valence-corrected chi connectivity index (χ4v) is 8.24. The summed E-state index contributed by atoms with van der Waals surface area (Å²) in [6.07, 6.45) is -0.720. The van der Waals surface area contributed by atoms with Gasteiger partial charge < -0.3 is 39.2 Å². The van der Waals surface area contributed by atoms with E-state index in [1.807, 2.05) is 11.6 Å². The Hall–Kier alpha value is -3.97. The number of likely N-dealkylation sites (tertiary alicyclic amines) is 1. The minimum absolute atomic E-state index is 0.0109. The van der Waals surface area contributed by atoms with E-state index in [1.54, 1.807) is 72.7 Å². The number of para-hydroxylation sites is 1. The second-order valence-corrected chi connectivity index (χ2v) is 19.1. The largest absolute Gasteiger partial charge is 0.488 e. The molecular weight excluding hydrogens is 798 g/mol. The van der Waals surface area contributed by atoms with Crippen molar-refractivity contribution >= 4 is 56.6 Å². The van der Waals surface area contributed by atoms with Crippen LogP contribution in [0.1, 0.15) is 87.5 Å². The van der Waals surface area contributed by atoms with Crippen molar-refractivity contribution in [3.63, 3.8) is 0 Å². The summed E-state index contributed by atoms with van der Waals surface area (Å²) < 4.78 is 61.3. The molecule has 3 aliphatic rings. The van der Waals surface area contributed by atoms with Crippen LogP contribution in [0, 0.1) is 11.3 Å². The molecule has 3 fully saturated rings. The number of amides is 4. The number of methoxy groups -OCH3 is 2. The van der Waals surface area contributed by atoms with Gasteiger partial charge in [-0.25, -0.2) is 18.7 Å². The zero-order chi connectivity index (χ0) is 43.0. The maximum atomic E-state index is 14.7. The number of rotatable bonds is 16. The maximum absolute atomic E-state index is 14.7. The van der Waals surface area contributed by atoms with Crippen LogP contribution >= 0.6 is 11.6 Å². The number of ether oxygens (including phenoxy) is 5. The van der Waals surface area contributed by atoms with E-state index >= 15 is 0 Å². The van der Waals surface area contributed by atoms with Crippen molar-refractivity contribution < 1.29 is 55.5 Å². The average molecular weight is 854 g/mol. The molecule has 5 atom stereocenters. The molecule has 19 heteroatoms. The van der Waals surface area contributed by atoms with Crippen LogP contribution in [-0.4, -0.2) is 111 Å². The molecule has 0 unspecified atom stereocenters. The normalized spacial score (nSPS) is 23.2. The maximum Gasteiger partial charge on any atom is 0.408 e. The molecular formula is C39H56ClN5O12S. The monoisotopic (exact) mass is 853 g/mol. The van der Waals surface area contributed by atoms with E-state index in [0.29, 0.717) is 40.9 Å². The molecule has 2 aliphatic carbocycles. The smallest absolute Gasteiger partial charge is 0.408 e. The molecule has 0 bridgehead atoms. The van der Waals surface area contributed by atoms with Gasteiger partial charge in [0.1, 0.15) is 41.7 Å². The highest BCUT2D eigenvalue weighted by Gasteiger charge is 2.62. The summed E-state index contributed by atoms with van der Waals surface area (Å²) in [7, 11) is -1.55. The highest BCUT2D eigenvalue weighted by Crippen LogP contribution is 2.47. The van der Waals surface area contributed by atoms with E-state index in [1.165, 1.54) is 19.1 Å². The Morgan fingerprint density at radius 2 is 1.74 bits per heavy atom. The van der Waals surface area contributed by atoms with Crippen LogP contribution in [-0.2, 0) is 43.1 Å². The first-order valence-electron chi connectivity index (χ1n) is 19.3. The lowest BCUT2D eigenvalue weighted by atomic mass is 9.85. The van der Waals surface area contributed by atoms with Crippen LogP contribution in [0.25, 0.3) is 10.9 Å². The van der Waals surface area contributed by atoms with Crippen molar-refractivity contribution in [3.05, 3.63) is 29.3 Å². The van der Waals surface area contributed by atoms with Gasteiger partial charge in [0, 0.05) is 32.1 Å². The number of fused-ring (bicyclic) bond motifs is 1. The zero-order valence-corrected chi connectivity index (χ0v) is 36.3. The first-order chi connectivity index (χ1) is 26.9. The Balaban J connectivity index is 1.47. The molecule has 4 amide bonds. The lowest BCUT2D eigenvalue weighted by Crippen LogP contribution is -2.60. The Kier molecular flexibility index (Phi) is 13.2. The van der Waals surface area contributed by atoms with Gasteiger partial charge in [-0.15, -0.1) is 0 Å². The van der Waals surface area contributed by atoms with E-state index in [9.17, 15) is 27.6 Å². The van der Waals surface area contributed by atoms with Gasteiger partial charge in [0.25, 0.3) is 5.91 Å². The van der Waals surface area contributed by atoms with Crippen molar-refractivity contribution in [2.45, 2.75) is 129 Å². The Morgan fingerprint density at radius 1 is 1.07 bits per heavy atom. The van der Waals surface area contributed by atoms with E-state index in [2.05, 4.69) is 15.6 Å². The fraction of sp³-hybridized carbons (Fsp3) is 0.667. The number of nitrogens with one attached hydrogen (secondary N) is 3. The van der Waals surface area contributed by atoms with Crippen LogP contribution in [0.2, 0.25) is 5.02 Å². The number of halogens is 1. The summed E-state index contributed by atoms with van der Waals surface area (Å²) in [5.74, 6) is -2.19. The Labute approximate surface area is 344 Å². The first-order valence-corrected chi connectivity index (χ1v) is 21.1. The number of hydrogen-bond acceptors (Lipinski definition) is 13. The lowest BCUT2D eigenvalue weighted by Gasteiger charge is -2.36. The first kappa shape index (κ1) is 45.1. The molecule has 1 saturated heterocycles. The highest BCUT2D eigenvalue weighted by atomic mass is 35.5. The molecule has 1 aromatic carbocycles. The third kappa shape index (κ3) is 10.8. The van der Waals surface area contributed by atoms with Crippen molar-refractivity contribution in [1.29, 1.82) is 0 Å². The summed E-state index contributed by atoms with van der Waals surface area (Å²) in [6.45, 7) is 13.7. The quantitative estimate of drug-likeness (QED) is 0.201. The van der Waals surface area contributed by atoms with Crippen LogP contribution < -0.4 is 24.8 Å². The van der Waals surface area contributed by atoms with Gasteiger partial charge in [0.2, 0.25) is 17.7 Å². The van der Waals surface area contributed by atoms with Crippen LogP contribution in [0.3, 0.4) is 0 Å². The minimum Gasteiger partial charge on any atom is -0.488 e. The van der Waals surface area contributed by atoms with Crippen LogP contribution in [0.4, 0.5) is 4.79 Å². The number of hydrogen-bond donors (Lipinski definition) is 3. The van der Waals surface area contributed by atoms with Gasteiger partial charge >= 0.3 is 16.4 Å². The molecule has 0 radical (unpaired) electrons. The van der Waals surface area contributed by atoms with E-state index in [4.69, 9.17) is 39.5 Å². The van der Waals surface area contributed by atoms with E-state index < -0.39 is 80.8 Å².